The second-order valence-electron chi connectivity index (χ2n) is 5.15. The number of nitrogens with one attached hydrogen (secondary N) is 1. The maximum Gasteiger partial charge on any atom is 0.416 e. The van der Waals surface area contributed by atoms with Crippen LogP contribution in [-0.2, 0) is 6.18 Å². The van der Waals surface area contributed by atoms with Gasteiger partial charge in [0.25, 0.3) is 5.91 Å². The van der Waals surface area contributed by atoms with Crippen LogP contribution in [0.1, 0.15) is 28.4 Å². The summed E-state index contributed by atoms with van der Waals surface area (Å²) < 4.78 is 44.2. The smallest absolute Gasteiger partial charge is 0.416 e. The quantitative estimate of drug-likeness (QED) is 0.435. The molecule has 10 heteroatoms. The van der Waals surface area contributed by atoms with Gasteiger partial charge in [-0.25, -0.2) is 5.43 Å². The topological polar surface area (TPSA) is 70.9 Å². The van der Waals surface area contributed by atoms with Crippen LogP contribution in [0, 0.1) is 0 Å². The molecule has 0 unspecified atom stereocenters. The van der Waals surface area contributed by atoms with Gasteiger partial charge in [0.15, 0.2) is 11.5 Å². The van der Waals surface area contributed by atoms with Crippen molar-refractivity contribution in [2.45, 2.75) is 13.1 Å². The summed E-state index contributed by atoms with van der Waals surface area (Å²) in [6, 6.07) is 5.50. The van der Waals surface area contributed by atoms with Crippen LogP contribution in [-0.4, -0.2) is 23.8 Å². The molecule has 27 heavy (non-hydrogen) atoms. The molecular formula is C17H13Br2F3N2O3. The van der Waals surface area contributed by atoms with E-state index in [1.165, 1.54) is 18.3 Å². The molecule has 0 spiro atoms. The molecule has 2 N–H and O–H groups in total. The molecule has 1 amide bonds. The molecule has 0 fully saturated rings. The third-order valence-corrected chi connectivity index (χ3v) is 5.45. The summed E-state index contributed by atoms with van der Waals surface area (Å²) >= 11 is 6.47. The van der Waals surface area contributed by atoms with E-state index >= 15 is 0 Å². The lowest BCUT2D eigenvalue weighted by Crippen LogP contribution is -2.18. The Morgan fingerprint density at radius 2 is 2.00 bits per heavy atom. The number of alkyl halides is 3. The zero-order chi connectivity index (χ0) is 20.2. The van der Waals surface area contributed by atoms with E-state index in [1.807, 2.05) is 0 Å². The number of amides is 1. The lowest BCUT2D eigenvalue weighted by Gasteiger charge is -2.11. The number of aromatic hydroxyl groups is 1. The van der Waals surface area contributed by atoms with Crippen molar-refractivity contribution in [2.24, 2.45) is 5.10 Å². The molecule has 0 saturated carbocycles. The van der Waals surface area contributed by atoms with Crippen molar-refractivity contribution in [3.05, 3.63) is 56.0 Å². The minimum atomic E-state index is -4.54. The molecule has 0 heterocycles. The molecule has 5 nitrogen and oxygen atoms in total. The van der Waals surface area contributed by atoms with Crippen LogP contribution in [0.3, 0.4) is 0 Å². The first kappa shape index (κ1) is 21.2. The molecule has 0 atom stereocenters. The summed E-state index contributed by atoms with van der Waals surface area (Å²) in [4.78, 5) is 12.0. The highest BCUT2D eigenvalue weighted by Gasteiger charge is 2.30. The number of hydrogen-bond donors (Lipinski definition) is 2. The third-order valence-electron chi connectivity index (χ3n) is 3.30. The largest absolute Gasteiger partial charge is 0.503 e. The van der Waals surface area contributed by atoms with Crippen molar-refractivity contribution in [1.82, 2.24) is 5.43 Å². The average molecular weight is 510 g/mol. The zero-order valence-corrected chi connectivity index (χ0v) is 16.9. The van der Waals surface area contributed by atoms with Crippen molar-refractivity contribution in [3.63, 3.8) is 0 Å². The van der Waals surface area contributed by atoms with E-state index < -0.39 is 17.6 Å². The van der Waals surface area contributed by atoms with Gasteiger partial charge in [-0.1, -0.05) is 6.07 Å². The highest BCUT2D eigenvalue weighted by Crippen LogP contribution is 2.41. The maximum absolute atomic E-state index is 12.7. The van der Waals surface area contributed by atoms with Crippen molar-refractivity contribution in [3.8, 4) is 11.5 Å². The monoisotopic (exact) mass is 508 g/mol. The average Bonchev–Trinajstić information content (AvgIpc) is 2.63. The number of halogens is 5. The summed E-state index contributed by atoms with van der Waals surface area (Å²) in [5, 5.41) is 13.7. The number of phenols is 1. The summed E-state index contributed by atoms with van der Waals surface area (Å²) in [6.07, 6.45) is -3.28. The van der Waals surface area contributed by atoms with Crippen LogP contribution in [0.2, 0.25) is 0 Å². The molecule has 2 aromatic rings. The first-order valence-electron chi connectivity index (χ1n) is 7.49. The van der Waals surface area contributed by atoms with E-state index in [2.05, 4.69) is 42.4 Å². The zero-order valence-electron chi connectivity index (χ0n) is 13.8. The van der Waals surface area contributed by atoms with Crippen LogP contribution >= 0.6 is 31.9 Å². The van der Waals surface area contributed by atoms with Gasteiger partial charge in [-0.3, -0.25) is 4.79 Å². The lowest BCUT2D eigenvalue weighted by molar-refractivity contribution is -0.137. The Bertz CT molecular complexity index is 886. The van der Waals surface area contributed by atoms with Crippen molar-refractivity contribution < 1.29 is 27.8 Å². The number of nitrogens with zero attached hydrogens (tertiary/aromatic N) is 1. The van der Waals surface area contributed by atoms with Gasteiger partial charge in [0.2, 0.25) is 0 Å². The van der Waals surface area contributed by atoms with E-state index in [0.29, 0.717) is 21.1 Å². The molecule has 0 saturated heterocycles. The van der Waals surface area contributed by atoms with E-state index in [4.69, 9.17) is 4.74 Å². The van der Waals surface area contributed by atoms with E-state index in [0.717, 1.165) is 18.2 Å². The number of hydrazone groups is 1. The molecule has 144 valence electrons. The summed E-state index contributed by atoms with van der Waals surface area (Å²) in [6.45, 7) is 2.07. The van der Waals surface area contributed by atoms with Gasteiger partial charge >= 0.3 is 6.18 Å². The molecule has 0 aliphatic heterocycles. The van der Waals surface area contributed by atoms with Gasteiger partial charge in [-0.05, 0) is 63.0 Å². The second-order valence-corrected chi connectivity index (χ2v) is 6.74. The number of carbonyl (C=O) groups is 1. The van der Waals surface area contributed by atoms with Gasteiger partial charge < -0.3 is 9.84 Å². The molecular weight excluding hydrogens is 497 g/mol. The number of ether oxygens (including phenoxy) is 1. The molecule has 2 rings (SSSR count). The molecule has 0 aromatic heterocycles. The fourth-order valence-electron chi connectivity index (χ4n) is 2.03. The predicted molar refractivity (Wildman–Crippen MR) is 101 cm³/mol. The van der Waals surface area contributed by atoms with Crippen molar-refractivity contribution in [1.29, 1.82) is 0 Å². The number of benzene rings is 2. The van der Waals surface area contributed by atoms with E-state index in [9.17, 15) is 23.1 Å². The lowest BCUT2D eigenvalue weighted by atomic mass is 10.1. The van der Waals surface area contributed by atoms with Crippen LogP contribution in [0.5, 0.6) is 11.5 Å². The number of rotatable bonds is 5. The number of carbonyl (C=O) groups excluding carboxylic acids is 1. The summed E-state index contributed by atoms with van der Waals surface area (Å²) in [7, 11) is 0. The molecule has 0 aliphatic rings. The van der Waals surface area contributed by atoms with Crippen LogP contribution in [0.4, 0.5) is 13.2 Å². The number of phenolic OH excluding ortho intramolecular Hbond substituents is 1. The summed E-state index contributed by atoms with van der Waals surface area (Å²) in [5.74, 6) is -0.691. The van der Waals surface area contributed by atoms with Gasteiger partial charge in [0.1, 0.15) is 0 Å². The second kappa shape index (κ2) is 8.75. The highest BCUT2D eigenvalue weighted by atomic mass is 79.9. The Morgan fingerprint density at radius 1 is 1.30 bits per heavy atom. The van der Waals surface area contributed by atoms with E-state index in [1.54, 1.807) is 6.92 Å². The molecule has 0 radical (unpaired) electrons. The Balaban J connectivity index is 2.19. The minimum Gasteiger partial charge on any atom is -0.503 e. The number of hydrogen-bond acceptors (Lipinski definition) is 4. The molecule has 2 aromatic carbocycles. The van der Waals surface area contributed by atoms with Gasteiger partial charge in [-0.15, -0.1) is 0 Å². The standard InChI is InChI=1S/C17H13Br2F3N2O3/c1-2-27-12-7-10(13(18)14(19)15(12)25)8-23-24-16(26)9-4-3-5-11(6-9)17(20,21)22/h3-8,25H,2H2,1H3,(H,24,26)/b23-8-. The first-order chi connectivity index (χ1) is 12.6. The maximum atomic E-state index is 12.7. The highest BCUT2D eigenvalue weighted by molar-refractivity contribution is 9.13. The Kier molecular flexibility index (Phi) is 6.88. The minimum absolute atomic E-state index is 0.103. The van der Waals surface area contributed by atoms with Crippen molar-refractivity contribution in [2.75, 3.05) is 6.61 Å². The van der Waals surface area contributed by atoms with Gasteiger partial charge in [-0.2, -0.15) is 18.3 Å². The molecule has 0 aliphatic carbocycles. The fraction of sp³-hybridized carbons (Fsp3) is 0.176. The Labute approximate surface area is 169 Å². The van der Waals surface area contributed by atoms with Crippen LogP contribution in [0.25, 0.3) is 0 Å². The molecule has 0 bridgehead atoms. The normalized spacial score (nSPS) is 11.6. The van der Waals surface area contributed by atoms with Crippen LogP contribution in [0.15, 0.2) is 44.4 Å². The van der Waals surface area contributed by atoms with Gasteiger partial charge in [0, 0.05) is 15.6 Å². The predicted octanol–water partition coefficient (Wildman–Crippen LogP) is 5.10. The van der Waals surface area contributed by atoms with Gasteiger partial charge in [0.05, 0.1) is 22.9 Å². The first-order valence-corrected chi connectivity index (χ1v) is 9.08. The van der Waals surface area contributed by atoms with Crippen molar-refractivity contribution >= 4 is 44.0 Å². The third kappa shape index (κ3) is 5.23. The SMILES string of the molecule is CCOc1cc(/C=N\NC(=O)c2cccc(C(F)(F)F)c2)c(Br)c(Br)c1O. The summed E-state index contributed by atoms with van der Waals surface area (Å²) in [5.41, 5.74) is 1.52. The van der Waals surface area contributed by atoms with E-state index in [-0.39, 0.29) is 17.1 Å². The fourth-order valence-corrected chi connectivity index (χ4v) is 2.86. The van der Waals surface area contributed by atoms with Crippen LogP contribution < -0.4 is 10.2 Å². The Morgan fingerprint density at radius 3 is 2.63 bits per heavy atom. The Hall–Kier alpha value is -2.07.